The fourth-order valence-electron chi connectivity index (χ4n) is 2.03. The Bertz CT molecular complexity index is 646. The first kappa shape index (κ1) is 15.2. The van der Waals surface area contributed by atoms with Gasteiger partial charge in [0.25, 0.3) is 0 Å². The quantitative estimate of drug-likeness (QED) is 0.840. The van der Waals surface area contributed by atoms with Gasteiger partial charge in [0.2, 0.25) is 15.9 Å². The van der Waals surface area contributed by atoms with Crippen molar-refractivity contribution in [3.63, 3.8) is 0 Å². The number of carbonyl (C=O) groups is 1. The molecule has 2 rings (SSSR count). The lowest BCUT2D eigenvalue weighted by Gasteiger charge is -2.18. The first-order valence-electron chi connectivity index (χ1n) is 6.15. The summed E-state index contributed by atoms with van der Waals surface area (Å²) in [6.07, 6.45) is 0.736. The van der Waals surface area contributed by atoms with E-state index in [2.05, 4.69) is 5.32 Å². The normalized spacial score (nSPS) is 14.5. The van der Waals surface area contributed by atoms with Crippen LogP contribution in [0.25, 0.3) is 0 Å². The van der Waals surface area contributed by atoms with Gasteiger partial charge < -0.3 is 11.1 Å². The monoisotopic (exact) mass is 317 g/mol. The molecule has 1 aromatic rings. The van der Waals surface area contributed by atoms with Gasteiger partial charge in [-0.05, 0) is 30.7 Å². The maximum absolute atomic E-state index is 12.4. The summed E-state index contributed by atoms with van der Waals surface area (Å²) in [5.74, 6) is -0.165. The van der Waals surface area contributed by atoms with E-state index < -0.39 is 10.0 Å². The molecule has 1 heterocycles. The van der Waals surface area contributed by atoms with Crippen molar-refractivity contribution in [2.24, 2.45) is 5.73 Å². The van der Waals surface area contributed by atoms with Crippen LogP contribution in [0.4, 0.5) is 5.69 Å². The van der Waals surface area contributed by atoms with E-state index in [4.69, 9.17) is 17.3 Å². The Morgan fingerprint density at radius 1 is 1.45 bits per heavy atom. The molecule has 0 unspecified atom stereocenters. The first-order chi connectivity index (χ1) is 9.36. The largest absolute Gasteiger partial charge is 0.330 e. The maximum Gasteiger partial charge on any atom is 0.244 e. The molecular weight excluding hydrogens is 302 g/mol. The van der Waals surface area contributed by atoms with Gasteiger partial charge in [-0.1, -0.05) is 11.6 Å². The number of hydrogen-bond acceptors (Lipinski definition) is 4. The van der Waals surface area contributed by atoms with Crippen LogP contribution >= 0.6 is 11.6 Å². The van der Waals surface area contributed by atoms with Crippen molar-refractivity contribution < 1.29 is 13.2 Å². The van der Waals surface area contributed by atoms with Crippen LogP contribution in [0, 0.1) is 0 Å². The molecule has 1 aliphatic rings. The molecular formula is C12H16ClN3O3S. The van der Waals surface area contributed by atoms with Crippen molar-refractivity contribution >= 4 is 33.2 Å². The Balaban J connectivity index is 2.38. The lowest BCUT2D eigenvalue weighted by molar-refractivity contribution is -0.115. The molecule has 0 saturated heterocycles. The number of halogens is 1. The summed E-state index contributed by atoms with van der Waals surface area (Å²) in [6, 6.07) is 2.94. The minimum atomic E-state index is -3.67. The highest BCUT2D eigenvalue weighted by atomic mass is 35.5. The number of nitrogens with zero attached hydrogens (tertiary/aromatic N) is 1. The zero-order valence-electron chi connectivity index (χ0n) is 11.0. The number of hydrogen-bond donors (Lipinski definition) is 2. The van der Waals surface area contributed by atoms with Gasteiger partial charge in [-0.25, -0.2) is 12.7 Å². The molecule has 0 bridgehead atoms. The van der Waals surface area contributed by atoms with E-state index >= 15 is 0 Å². The Morgan fingerprint density at radius 3 is 2.80 bits per heavy atom. The molecule has 0 atom stereocenters. The number of sulfonamides is 1. The fourth-order valence-corrected chi connectivity index (χ4v) is 3.78. The highest BCUT2D eigenvalue weighted by molar-refractivity contribution is 7.89. The van der Waals surface area contributed by atoms with Crippen LogP contribution in [-0.4, -0.2) is 38.8 Å². The first-order valence-corrected chi connectivity index (χ1v) is 7.96. The molecule has 1 aromatic carbocycles. The van der Waals surface area contributed by atoms with E-state index in [1.807, 2.05) is 0 Å². The van der Waals surface area contributed by atoms with Crippen LogP contribution in [-0.2, 0) is 21.2 Å². The molecule has 20 heavy (non-hydrogen) atoms. The third-order valence-electron chi connectivity index (χ3n) is 3.15. The average Bonchev–Trinajstić information content (AvgIpc) is 2.73. The van der Waals surface area contributed by atoms with Crippen molar-refractivity contribution in [2.45, 2.75) is 17.7 Å². The Morgan fingerprint density at radius 2 is 2.15 bits per heavy atom. The number of fused-ring (bicyclic) bond motifs is 1. The average molecular weight is 318 g/mol. The SMILES string of the molecule is CN(CCCN)S(=O)(=O)c1cc2c(cc1Cl)NC(=O)C2. The molecule has 0 aliphatic carbocycles. The molecule has 6 nitrogen and oxygen atoms in total. The fraction of sp³-hybridized carbons (Fsp3) is 0.417. The summed E-state index contributed by atoms with van der Waals surface area (Å²) in [7, 11) is -2.19. The highest BCUT2D eigenvalue weighted by Gasteiger charge is 2.27. The lowest BCUT2D eigenvalue weighted by Crippen LogP contribution is -2.29. The second kappa shape index (κ2) is 5.69. The highest BCUT2D eigenvalue weighted by Crippen LogP contribution is 2.33. The summed E-state index contributed by atoms with van der Waals surface area (Å²) in [5, 5.41) is 2.73. The topological polar surface area (TPSA) is 92.5 Å². The van der Waals surface area contributed by atoms with Gasteiger partial charge in [0, 0.05) is 19.3 Å². The number of rotatable bonds is 5. The van der Waals surface area contributed by atoms with Crippen molar-refractivity contribution in [1.29, 1.82) is 0 Å². The second-order valence-corrected chi connectivity index (χ2v) is 7.05. The Labute approximate surface area is 122 Å². The zero-order valence-corrected chi connectivity index (χ0v) is 12.6. The maximum atomic E-state index is 12.4. The van der Waals surface area contributed by atoms with Gasteiger partial charge in [0.05, 0.1) is 11.4 Å². The Kier molecular flexibility index (Phi) is 4.33. The predicted molar refractivity (Wildman–Crippen MR) is 77.3 cm³/mol. The standard InChI is InChI=1S/C12H16ClN3O3S/c1-16(4-2-3-14)20(18,19)11-5-8-6-12(17)15-10(8)7-9(11)13/h5,7H,2-4,6,14H2,1H3,(H,15,17). The smallest absolute Gasteiger partial charge is 0.244 e. The number of benzene rings is 1. The van der Waals surface area contributed by atoms with Crippen LogP contribution in [0.3, 0.4) is 0 Å². The molecule has 0 radical (unpaired) electrons. The third-order valence-corrected chi connectivity index (χ3v) is 5.47. The van der Waals surface area contributed by atoms with Gasteiger partial charge in [0.1, 0.15) is 4.90 Å². The third kappa shape index (κ3) is 2.80. The number of carbonyl (C=O) groups excluding carboxylic acids is 1. The summed E-state index contributed by atoms with van der Waals surface area (Å²) in [5.41, 5.74) is 6.60. The molecule has 0 aromatic heterocycles. The predicted octanol–water partition coefficient (Wildman–Crippen LogP) is 0.804. The number of nitrogens with two attached hydrogens (primary N) is 1. The lowest BCUT2D eigenvalue weighted by atomic mass is 10.2. The molecule has 3 N–H and O–H groups in total. The zero-order chi connectivity index (χ0) is 14.9. The van der Waals surface area contributed by atoms with E-state index in [0.717, 1.165) is 0 Å². The van der Waals surface area contributed by atoms with E-state index in [1.54, 1.807) is 0 Å². The van der Waals surface area contributed by atoms with E-state index in [-0.39, 0.29) is 22.2 Å². The molecule has 110 valence electrons. The summed E-state index contributed by atoms with van der Waals surface area (Å²) in [4.78, 5) is 11.3. The van der Waals surface area contributed by atoms with E-state index in [9.17, 15) is 13.2 Å². The van der Waals surface area contributed by atoms with Gasteiger partial charge >= 0.3 is 0 Å². The van der Waals surface area contributed by atoms with Crippen molar-refractivity contribution in [1.82, 2.24) is 4.31 Å². The van der Waals surface area contributed by atoms with Crippen LogP contribution in [0.2, 0.25) is 5.02 Å². The van der Waals surface area contributed by atoms with Crippen molar-refractivity contribution in [3.8, 4) is 0 Å². The molecule has 0 fully saturated rings. The van der Waals surface area contributed by atoms with Gasteiger partial charge in [-0.15, -0.1) is 0 Å². The van der Waals surface area contributed by atoms with E-state index in [1.165, 1.54) is 23.5 Å². The van der Waals surface area contributed by atoms with Crippen LogP contribution < -0.4 is 11.1 Å². The van der Waals surface area contributed by atoms with Gasteiger partial charge in [-0.2, -0.15) is 0 Å². The molecule has 1 amide bonds. The summed E-state index contributed by atoms with van der Waals surface area (Å²) in [6.45, 7) is 0.736. The number of anilines is 1. The van der Waals surface area contributed by atoms with E-state index in [0.29, 0.717) is 30.8 Å². The number of nitrogens with one attached hydrogen (secondary N) is 1. The molecule has 1 aliphatic heterocycles. The van der Waals surface area contributed by atoms with Crippen LogP contribution in [0.5, 0.6) is 0 Å². The summed E-state index contributed by atoms with van der Waals surface area (Å²) < 4.78 is 26.1. The van der Waals surface area contributed by atoms with Crippen LogP contribution in [0.15, 0.2) is 17.0 Å². The molecule has 0 saturated carbocycles. The van der Waals surface area contributed by atoms with Gasteiger partial charge in [-0.3, -0.25) is 4.79 Å². The van der Waals surface area contributed by atoms with Crippen molar-refractivity contribution in [3.05, 3.63) is 22.7 Å². The second-order valence-electron chi connectivity index (χ2n) is 4.63. The summed E-state index contributed by atoms with van der Waals surface area (Å²) >= 11 is 6.04. The van der Waals surface area contributed by atoms with Crippen molar-refractivity contribution in [2.75, 3.05) is 25.5 Å². The number of amides is 1. The minimum absolute atomic E-state index is 0.0222. The minimum Gasteiger partial charge on any atom is -0.330 e. The molecule has 0 spiro atoms. The van der Waals surface area contributed by atoms with Crippen LogP contribution in [0.1, 0.15) is 12.0 Å². The van der Waals surface area contributed by atoms with Gasteiger partial charge in [0.15, 0.2) is 0 Å². The molecule has 8 heteroatoms. The Hall–Kier alpha value is -1.15.